The number of amidine groups is 1. The Kier molecular flexibility index (Phi) is 8.36. The highest BCUT2D eigenvalue weighted by Crippen LogP contribution is 2.27. The Hall–Kier alpha value is -3.00. The molecule has 0 atom stereocenters. The van der Waals surface area contributed by atoms with Gasteiger partial charge in [-0.15, -0.1) is 0 Å². The second kappa shape index (κ2) is 11.0. The molecule has 1 amide bonds. The van der Waals surface area contributed by atoms with Gasteiger partial charge in [0.1, 0.15) is 6.61 Å². The third kappa shape index (κ3) is 6.02. The lowest BCUT2D eigenvalue weighted by atomic mass is 10.1. The Morgan fingerprint density at radius 3 is 2.54 bits per heavy atom. The number of benzene rings is 1. The van der Waals surface area contributed by atoms with Crippen LogP contribution in [-0.2, 0) is 15.9 Å². The van der Waals surface area contributed by atoms with E-state index in [9.17, 15) is 4.79 Å². The van der Waals surface area contributed by atoms with Crippen molar-refractivity contribution in [1.82, 2.24) is 4.90 Å². The largest absolute Gasteiger partial charge is 0.493 e. The highest BCUT2D eigenvalue weighted by Gasteiger charge is 2.15. The standard InChI is InChI=1S/C20H26N2O6/c1-22(10-9-15-7-8-16(25-3)18(14-15)26-4)20(28-13-12-24-2)21-19(23)17-6-5-11-27-17/h5-8,11,14H,9-10,12-13H2,1-4H3. The van der Waals surface area contributed by atoms with Crippen molar-refractivity contribution in [2.24, 2.45) is 4.99 Å². The number of carbonyl (C=O) groups excluding carboxylic acids is 1. The Bertz CT molecular complexity index is 773. The third-order valence-electron chi connectivity index (χ3n) is 3.96. The molecule has 0 unspecified atom stereocenters. The van der Waals surface area contributed by atoms with Crippen molar-refractivity contribution in [3.8, 4) is 11.5 Å². The molecule has 0 saturated carbocycles. The number of methoxy groups -OCH3 is 3. The Morgan fingerprint density at radius 2 is 1.89 bits per heavy atom. The first kappa shape index (κ1) is 21.3. The maximum absolute atomic E-state index is 12.2. The van der Waals surface area contributed by atoms with Crippen LogP contribution in [0.5, 0.6) is 11.5 Å². The molecule has 1 aromatic heterocycles. The molecule has 0 aliphatic carbocycles. The Morgan fingerprint density at radius 1 is 1.11 bits per heavy atom. The minimum Gasteiger partial charge on any atom is -0.493 e. The van der Waals surface area contributed by atoms with Gasteiger partial charge in [-0.1, -0.05) is 6.07 Å². The molecule has 28 heavy (non-hydrogen) atoms. The van der Waals surface area contributed by atoms with E-state index in [4.69, 9.17) is 23.4 Å². The molecule has 1 heterocycles. The van der Waals surface area contributed by atoms with Gasteiger partial charge in [0.25, 0.3) is 6.02 Å². The van der Waals surface area contributed by atoms with Crippen molar-refractivity contribution in [3.05, 3.63) is 47.9 Å². The van der Waals surface area contributed by atoms with Crippen LogP contribution in [0.4, 0.5) is 0 Å². The van der Waals surface area contributed by atoms with E-state index in [1.54, 1.807) is 38.4 Å². The maximum Gasteiger partial charge on any atom is 0.317 e. The van der Waals surface area contributed by atoms with Gasteiger partial charge in [-0.3, -0.25) is 4.79 Å². The molecular formula is C20H26N2O6. The van der Waals surface area contributed by atoms with E-state index < -0.39 is 5.91 Å². The van der Waals surface area contributed by atoms with Crippen LogP contribution >= 0.6 is 0 Å². The summed E-state index contributed by atoms with van der Waals surface area (Å²) in [5, 5.41) is 0. The molecule has 8 heteroatoms. The number of hydrogen-bond donors (Lipinski definition) is 0. The molecule has 8 nitrogen and oxygen atoms in total. The van der Waals surface area contributed by atoms with Crippen LogP contribution in [0, 0.1) is 0 Å². The summed E-state index contributed by atoms with van der Waals surface area (Å²) in [5.74, 6) is 0.992. The van der Waals surface area contributed by atoms with Gasteiger partial charge in [-0.05, 0) is 36.2 Å². The normalized spacial score (nSPS) is 11.2. The topological polar surface area (TPSA) is 82.7 Å². The molecule has 0 aliphatic rings. The highest BCUT2D eigenvalue weighted by molar-refractivity contribution is 5.99. The van der Waals surface area contributed by atoms with Gasteiger partial charge in [0.15, 0.2) is 17.3 Å². The van der Waals surface area contributed by atoms with Crippen LogP contribution in [0.25, 0.3) is 0 Å². The van der Waals surface area contributed by atoms with Crippen LogP contribution in [0.1, 0.15) is 16.1 Å². The lowest BCUT2D eigenvalue weighted by Crippen LogP contribution is -2.32. The monoisotopic (exact) mass is 390 g/mol. The summed E-state index contributed by atoms with van der Waals surface area (Å²) in [4.78, 5) is 18.1. The molecule has 0 spiro atoms. The summed E-state index contributed by atoms with van der Waals surface area (Å²) in [7, 11) is 6.58. The number of amides is 1. The van der Waals surface area contributed by atoms with E-state index >= 15 is 0 Å². The molecule has 152 valence electrons. The van der Waals surface area contributed by atoms with Gasteiger partial charge in [-0.2, -0.15) is 4.99 Å². The number of hydrogen-bond acceptors (Lipinski definition) is 6. The number of likely N-dealkylation sites (N-methyl/N-ethyl adjacent to an activating group) is 1. The molecule has 0 radical (unpaired) electrons. The van der Waals surface area contributed by atoms with Crippen molar-refractivity contribution >= 4 is 11.9 Å². The predicted octanol–water partition coefficient (Wildman–Crippen LogP) is 2.63. The zero-order valence-corrected chi connectivity index (χ0v) is 16.6. The van der Waals surface area contributed by atoms with Gasteiger partial charge in [0.05, 0.1) is 27.1 Å². The van der Waals surface area contributed by atoms with Gasteiger partial charge >= 0.3 is 5.91 Å². The maximum atomic E-state index is 12.2. The van der Waals surface area contributed by atoms with E-state index in [0.29, 0.717) is 31.1 Å². The number of nitrogens with zero attached hydrogens (tertiary/aromatic N) is 2. The average Bonchev–Trinajstić information content (AvgIpc) is 3.26. The van der Waals surface area contributed by atoms with Crippen LogP contribution in [0.2, 0.25) is 0 Å². The minimum absolute atomic E-state index is 0.154. The van der Waals surface area contributed by atoms with Crippen LogP contribution in [-0.4, -0.2) is 65.0 Å². The molecule has 0 bridgehead atoms. The lowest BCUT2D eigenvalue weighted by Gasteiger charge is -2.21. The quantitative estimate of drug-likeness (QED) is 0.370. The molecule has 2 rings (SSSR count). The van der Waals surface area contributed by atoms with Crippen LogP contribution in [0.3, 0.4) is 0 Å². The number of furan rings is 1. The number of ether oxygens (including phenoxy) is 4. The number of rotatable bonds is 9. The van der Waals surface area contributed by atoms with Gasteiger partial charge in [0.2, 0.25) is 0 Å². The van der Waals surface area contributed by atoms with Gasteiger partial charge < -0.3 is 28.3 Å². The van der Waals surface area contributed by atoms with E-state index in [1.807, 2.05) is 25.2 Å². The second-order valence-electron chi connectivity index (χ2n) is 5.88. The molecule has 0 saturated heterocycles. The molecule has 0 N–H and O–H groups in total. The minimum atomic E-state index is -0.504. The van der Waals surface area contributed by atoms with Crippen molar-refractivity contribution in [2.45, 2.75) is 6.42 Å². The summed E-state index contributed by atoms with van der Waals surface area (Å²) < 4.78 is 26.3. The third-order valence-corrected chi connectivity index (χ3v) is 3.96. The van der Waals surface area contributed by atoms with E-state index in [1.165, 1.54) is 6.26 Å². The van der Waals surface area contributed by atoms with Crippen LogP contribution < -0.4 is 9.47 Å². The number of carbonyl (C=O) groups is 1. The SMILES string of the molecule is COCCOC(=NC(=O)c1ccco1)N(C)CCc1ccc(OC)c(OC)c1. The van der Waals surface area contributed by atoms with Crippen molar-refractivity contribution in [2.75, 3.05) is 48.1 Å². The predicted molar refractivity (Wildman–Crippen MR) is 104 cm³/mol. The van der Waals surface area contributed by atoms with Gasteiger partial charge in [-0.25, -0.2) is 0 Å². The van der Waals surface area contributed by atoms with Crippen LogP contribution in [0.15, 0.2) is 46.0 Å². The highest BCUT2D eigenvalue weighted by atomic mass is 16.5. The smallest absolute Gasteiger partial charge is 0.317 e. The van der Waals surface area contributed by atoms with E-state index in [0.717, 1.165) is 5.56 Å². The Labute approximate surface area is 164 Å². The fourth-order valence-corrected chi connectivity index (χ4v) is 2.41. The first-order chi connectivity index (χ1) is 13.6. The molecular weight excluding hydrogens is 364 g/mol. The lowest BCUT2D eigenvalue weighted by molar-refractivity contribution is 0.0959. The number of aliphatic imine (C=N–C) groups is 1. The summed E-state index contributed by atoms with van der Waals surface area (Å²) in [6.45, 7) is 1.24. The molecule has 0 aliphatic heterocycles. The first-order valence-corrected chi connectivity index (χ1v) is 8.79. The fourth-order valence-electron chi connectivity index (χ4n) is 2.41. The summed E-state index contributed by atoms with van der Waals surface area (Å²) in [5.41, 5.74) is 1.05. The zero-order chi connectivity index (χ0) is 20.4. The van der Waals surface area contributed by atoms with E-state index in [-0.39, 0.29) is 18.4 Å². The second-order valence-corrected chi connectivity index (χ2v) is 5.88. The van der Waals surface area contributed by atoms with Crippen molar-refractivity contribution in [3.63, 3.8) is 0 Å². The fraction of sp³-hybridized carbons (Fsp3) is 0.400. The average molecular weight is 390 g/mol. The summed E-state index contributed by atoms with van der Waals surface area (Å²) >= 11 is 0. The van der Waals surface area contributed by atoms with E-state index in [2.05, 4.69) is 4.99 Å². The van der Waals surface area contributed by atoms with Gasteiger partial charge in [0, 0.05) is 20.7 Å². The molecule has 2 aromatic rings. The summed E-state index contributed by atoms with van der Waals surface area (Å²) in [6, 6.07) is 9.14. The summed E-state index contributed by atoms with van der Waals surface area (Å²) in [6.07, 6.45) is 2.12. The molecule has 0 fully saturated rings. The first-order valence-electron chi connectivity index (χ1n) is 8.79. The van der Waals surface area contributed by atoms with Crippen molar-refractivity contribution < 1.29 is 28.2 Å². The van der Waals surface area contributed by atoms with Crippen molar-refractivity contribution in [1.29, 1.82) is 0 Å². The zero-order valence-electron chi connectivity index (χ0n) is 16.6. The Balaban J connectivity index is 2.07. The molecule has 1 aromatic carbocycles.